The summed E-state index contributed by atoms with van der Waals surface area (Å²) in [5.74, 6) is -3.92. The number of rotatable bonds is 22. The molecule has 0 aliphatic rings. The maximum absolute atomic E-state index is 13.5. The molecule has 0 unspecified atom stereocenters. The first-order chi connectivity index (χ1) is 31.6. The first kappa shape index (κ1) is 60.6. The fraction of sp³-hybridized carbons (Fsp3) is 0.435. The van der Waals surface area contributed by atoms with Crippen LogP contribution in [0.4, 0.5) is 20.7 Å². The summed E-state index contributed by atoms with van der Waals surface area (Å²) in [7, 11) is -4.64. The second-order valence-electron chi connectivity index (χ2n) is 16.6. The number of carbonyl (C=O) groups is 2. The zero-order valence-electron chi connectivity index (χ0n) is 39.7. The van der Waals surface area contributed by atoms with Crippen LogP contribution in [0.2, 0.25) is 0 Å². The van der Waals surface area contributed by atoms with Crippen LogP contribution in [0.5, 0.6) is 0 Å². The molecule has 372 valence electrons. The number of aliphatic hydroxyl groups excluding tert-OH is 4. The quantitative estimate of drug-likeness (QED) is 0.0823. The van der Waals surface area contributed by atoms with Gasteiger partial charge in [-0.05, 0) is 86.1 Å². The van der Waals surface area contributed by atoms with Crippen molar-refractivity contribution in [3.63, 3.8) is 0 Å². The van der Waals surface area contributed by atoms with Gasteiger partial charge in [-0.3, -0.25) is 0 Å². The van der Waals surface area contributed by atoms with E-state index in [-0.39, 0.29) is 100.0 Å². The Hall–Kier alpha value is -4.52. The summed E-state index contributed by atoms with van der Waals surface area (Å²) in [6.45, 7) is 7.44. The minimum Gasteiger partial charge on any atom is -0.550 e. The molecule has 2 heterocycles. The first-order valence-corrected chi connectivity index (χ1v) is 25.0. The molecule has 4 atom stereocenters. The number of benzene rings is 2. The standard InChI is InChI=1S/2C23H30FN3O6S.Ca/c2*1-14(2)21-19(11-9-17(28)13-18(29)10-12-20(30)31)22(15-5-7-16(24)8-6-15)26-23(25-21)27(3)34(4,32)33;/h2*5-9,11,14,17-18,28-29H,10,12-13H2,1-4H3,(H,30,31);/q;;+2/p-2/b2*11-9+;/t2*17-,18-;/m11./s1. The number of halogens is 2. The summed E-state index contributed by atoms with van der Waals surface area (Å²) in [6, 6.07) is 11.0. The number of sulfonamides is 2. The van der Waals surface area contributed by atoms with Crippen molar-refractivity contribution in [2.75, 3.05) is 35.2 Å². The molecular formula is C46H58CaF2N6O12S2. The van der Waals surface area contributed by atoms with Crippen LogP contribution in [-0.4, -0.2) is 158 Å². The van der Waals surface area contributed by atoms with Gasteiger partial charge in [0.05, 0.1) is 59.7 Å². The number of aliphatic hydroxyl groups is 4. The smallest absolute Gasteiger partial charge is 0.550 e. The van der Waals surface area contributed by atoms with Gasteiger partial charge in [0, 0.05) is 61.1 Å². The SMILES string of the molecule is CC(C)c1nc(N(C)S(C)(=O)=O)nc(-c2ccc(F)cc2)c1/C=C/[C@@H](O)C[C@H](O)CCC(=O)[O-].CC(C)c1nc(N(C)S(C)(=O)=O)nc(-c2ccc(F)cc2)c1/C=C/[C@@H](O)C[C@H](O)CCC(=O)[O-].[Ca+2]. The monoisotopic (exact) mass is 1030 g/mol. The molecule has 0 bridgehead atoms. The molecule has 2 aromatic heterocycles. The van der Waals surface area contributed by atoms with Gasteiger partial charge in [-0.25, -0.2) is 54.2 Å². The van der Waals surface area contributed by atoms with Crippen LogP contribution in [0.15, 0.2) is 60.7 Å². The molecule has 23 heteroatoms. The summed E-state index contributed by atoms with van der Waals surface area (Å²) in [6.07, 6.45) is 2.78. The van der Waals surface area contributed by atoms with Gasteiger partial charge in [0.25, 0.3) is 0 Å². The van der Waals surface area contributed by atoms with E-state index in [2.05, 4.69) is 19.9 Å². The molecule has 0 spiro atoms. The maximum atomic E-state index is 13.5. The molecule has 4 N–H and O–H groups in total. The van der Waals surface area contributed by atoms with Crippen LogP contribution in [-0.2, 0) is 29.6 Å². The van der Waals surface area contributed by atoms with Crippen LogP contribution < -0.4 is 18.8 Å². The van der Waals surface area contributed by atoms with Gasteiger partial charge in [0.1, 0.15) is 11.6 Å². The molecule has 4 rings (SSSR count). The molecule has 0 saturated carbocycles. The Morgan fingerprint density at radius 1 is 0.609 bits per heavy atom. The Bertz CT molecular complexity index is 2460. The first-order valence-electron chi connectivity index (χ1n) is 21.3. The van der Waals surface area contributed by atoms with E-state index in [1.165, 1.54) is 74.8 Å². The van der Waals surface area contributed by atoms with Gasteiger partial charge in [-0.1, -0.05) is 52.0 Å². The summed E-state index contributed by atoms with van der Waals surface area (Å²) in [5.41, 5.74) is 3.69. The maximum Gasteiger partial charge on any atom is 2.00 e. The molecule has 0 fully saturated rings. The Morgan fingerprint density at radius 2 is 0.913 bits per heavy atom. The van der Waals surface area contributed by atoms with Crippen molar-refractivity contribution in [2.24, 2.45) is 0 Å². The minimum absolute atomic E-state index is 0. The van der Waals surface area contributed by atoms with Gasteiger partial charge in [0.15, 0.2) is 0 Å². The van der Waals surface area contributed by atoms with E-state index in [9.17, 15) is 65.8 Å². The molecule has 0 amide bonds. The molecule has 0 saturated heterocycles. The number of hydrogen-bond acceptors (Lipinski definition) is 16. The van der Waals surface area contributed by atoms with E-state index in [4.69, 9.17) is 0 Å². The van der Waals surface area contributed by atoms with Crippen LogP contribution in [0, 0.1) is 11.6 Å². The number of carboxylic acid groups (broad SMARTS) is 2. The second-order valence-corrected chi connectivity index (χ2v) is 20.6. The van der Waals surface area contributed by atoms with Gasteiger partial charge >= 0.3 is 37.7 Å². The summed E-state index contributed by atoms with van der Waals surface area (Å²) < 4.78 is 77.3. The van der Waals surface area contributed by atoms with Crippen molar-refractivity contribution in [1.82, 2.24) is 19.9 Å². The predicted octanol–water partition coefficient (Wildman–Crippen LogP) is 2.53. The third-order valence-corrected chi connectivity index (χ3v) is 12.5. The number of aliphatic carboxylic acids is 2. The molecule has 69 heavy (non-hydrogen) atoms. The fourth-order valence-electron chi connectivity index (χ4n) is 6.33. The van der Waals surface area contributed by atoms with Gasteiger partial charge in [0.2, 0.25) is 31.9 Å². The van der Waals surface area contributed by atoms with E-state index in [0.717, 1.165) is 21.1 Å². The van der Waals surface area contributed by atoms with Gasteiger partial charge in [-0.2, -0.15) is 0 Å². The Morgan fingerprint density at radius 3 is 1.17 bits per heavy atom. The van der Waals surface area contributed by atoms with Gasteiger partial charge in [-0.15, -0.1) is 0 Å². The van der Waals surface area contributed by atoms with E-state index in [0.29, 0.717) is 45.0 Å². The number of carboxylic acids is 2. The normalized spacial score (nSPS) is 13.7. The number of aromatic nitrogens is 4. The predicted molar refractivity (Wildman–Crippen MR) is 255 cm³/mol. The number of anilines is 2. The molecule has 0 aliphatic heterocycles. The number of nitrogens with zero attached hydrogens (tertiary/aromatic N) is 6. The number of carbonyl (C=O) groups excluding carboxylic acids is 2. The molecule has 0 aliphatic carbocycles. The Kier molecular flexibility index (Phi) is 23.9. The van der Waals surface area contributed by atoms with E-state index < -0.39 is 68.0 Å². The molecule has 2 aromatic carbocycles. The van der Waals surface area contributed by atoms with Crippen molar-refractivity contribution in [3.05, 3.63) is 94.8 Å². The average molecular weight is 1030 g/mol. The van der Waals surface area contributed by atoms with Crippen LogP contribution in [0.3, 0.4) is 0 Å². The third kappa shape index (κ3) is 19.3. The molecule has 18 nitrogen and oxygen atoms in total. The summed E-state index contributed by atoms with van der Waals surface area (Å²) >= 11 is 0. The fourth-order valence-corrected chi connectivity index (χ4v) is 7.08. The van der Waals surface area contributed by atoms with Crippen molar-refractivity contribution in [3.8, 4) is 22.5 Å². The number of hydrogen-bond donors (Lipinski definition) is 4. The zero-order chi connectivity index (χ0) is 51.3. The molecular weight excluding hydrogens is 971 g/mol. The van der Waals surface area contributed by atoms with Crippen molar-refractivity contribution in [2.45, 2.75) is 102 Å². The summed E-state index contributed by atoms with van der Waals surface area (Å²) in [4.78, 5) is 38.8. The minimum atomic E-state index is -3.65. The Balaban J connectivity index is 0.000000467. The third-order valence-electron chi connectivity index (χ3n) is 10.2. The summed E-state index contributed by atoms with van der Waals surface area (Å²) in [5, 5.41) is 61.6. The van der Waals surface area contributed by atoms with Gasteiger partial charge < -0.3 is 40.2 Å². The van der Waals surface area contributed by atoms with Crippen LogP contribution in [0.1, 0.15) is 101 Å². The van der Waals surface area contributed by atoms with Crippen molar-refractivity contribution in [1.29, 1.82) is 0 Å². The molecule has 4 aromatic rings. The Labute approximate surface area is 431 Å². The topological polar surface area (TPSA) is 287 Å². The zero-order valence-corrected chi connectivity index (χ0v) is 43.5. The van der Waals surface area contributed by atoms with E-state index in [1.54, 1.807) is 12.2 Å². The van der Waals surface area contributed by atoms with Crippen LogP contribution >= 0.6 is 0 Å². The second kappa shape index (κ2) is 27.2. The molecule has 0 radical (unpaired) electrons. The average Bonchev–Trinajstić information content (AvgIpc) is 3.25. The van der Waals surface area contributed by atoms with Crippen LogP contribution in [0.25, 0.3) is 34.7 Å². The largest absolute Gasteiger partial charge is 2.00 e. The van der Waals surface area contributed by atoms with E-state index >= 15 is 0 Å². The van der Waals surface area contributed by atoms with Crippen molar-refractivity contribution >= 4 is 93.8 Å². The van der Waals surface area contributed by atoms with E-state index in [1.807, 2.05) is 27.7 Å². The van der Waals surface area contributed by atoms with Crippen molar-refractivity contribution < 1.29 is 65.8 Å².